The molecule has 0 aliphatic carbocycles. The van der Waals surface area contributed by atoms with Crippen molar-refractivity contribution in [2.24, 2.45) is 5.73 Å². The molecule has 0 heterocycles. The third-order valence-corrected chi connectivity index (χ3v) is 4.89. The van der Waals surface area contributed by atoms with Gasteiger partial charge in [0.2, 0.25) is 0 Å². The highest BCUT2D eigenvalue weighted by atomic mass is 127. The maximum atomic E-state index is 13.8. The van der Waals surface area contributed by atoms with Gasteiger partial charge in [0, 0.05) is 9.26 Å². The van der Waals surface area contributed by atoms with Gasteiger partial charge in [-0.25, -0.2) is 12.8 Å². The molecule has 4 nitrogen and oxygen atoms in total. The number of nitrogens with two attached hydrogens (primary N) is 1. The van der Waals surface area contributed by atoms with Gasteiger partial charge in [0.1, 0.15) is 15.7 Å². The first kappa shape index (κ1) is 16.1. The number of thiocarbonyl (C=S) groups is 1. The fourth-order valence-corrected chi connectivity index (χ4v) is 3.83. The van der Waals surface area contributed by atoms with E-state index in [-0.39, 0.29) is 15.4 Å². The molecular weight excluding hydrogens is 426 g/mol. The number of rotatable bonds is 4. The summed E-state index contributed by atoms with van der Waals surface area (Å²) in [5.41, 5.74) is 5.52. The molecule has 0 spiro atoms. The van der Waals surface area contributed by atoms with E-state index in [1.807, 2.05) is 6.07 Å². The summed E-state index contributed by atoms with van der Waals surface area (Å²) in [6.07, 6.45) is 0. The van der Waals surface area contributed by atoms with E-state index in [0.29, 0.717) is 5.69 Å². The molecule has 2 rings (SSSR count). The summed E-state index contributed by atoms with van der Waals surface area (Å²) in [5.74, 6) is -0.770. The Bertz CT molecular complexity index is 810. The van der Waals surface area contributed by atoms with E-state index in [9.17, 15) is 12.8 Å². The lowest BCUT2D eigenvalue weighted by Gasteiger charge is -2.12. The molecule has 2 aromatic carbocycles. The second-order valence-electron chi connectivity index (χ2n) is 4.09. The van der Waals surface area contributed by atoms with Crippen molar-refractivity contribution in [3.8, 4) is 0 Å². The predicted molar refractivity (Wildman–Crippen MR) is 92.3 cm³/mol. The van der Waals surface area contributed by atoms with Crippen LogP contribution in [0.5, 0.6) is 0 Å². The summed E-state index contributed by atoms with van der Waals surface area (Å²) in [7, 11) is -3.99. The van der Waals surface area contributed by atoms with Crippen LogP contribution in [0.1, 0.15) is 5.56 Å². The highest BCUT2D eigenvalue weighted by Gasteiger charge is 2.22. The molecule has 0 aromatic heterocycles. The molecular formula is C13H10FIN2O2S2. The van der Waals surface area contributed by atoms with Crippen molar-refractivity contribution in [1.82, 2.24) is 0 Å². The Labute approximate surface area is 140 Å². The topological polar surface area (TPSA) is 72.2 Å². The summed E-state index contributed by atoms with van der Waals surface area (Å²) in [6.45, 7) is 0. The first-order valence-corrected chi connectivity index (χ1v) is 8.65. The summed E-state index contributed by atoms with van der Waals surface area (Å²) in [5, 5.41) is 0. The highest BCUT2D eigenvalue weighted by molar-refractivity contribution is 14.1. The van der Waals surface area contributed by atoms with Gasteiger partial charge in [0.05, 0.1) is 5.56 Å². The van der Waals surface area contributed by atoms with Crippen molar-refractivity contribution in [1.29, 1.82) is 0 Å². The Morgan fingerprint density at radius 1 is 1.24 bits per heavy atom. The molecule has 0 saturated heterocycles. The second-order valence-corrected chi connectivity index (χ2v) is 7.43. The number of sulfonamides is 1. The number of hydrogen-bond acceptors (Lipinski definition) is 3. The maximum Gasteiger partial charge on any atom is 0.262 e. The fourth-order valence-electron chi connectivity index (χ4n) is 1.73. The van der Waals surface area contributed by atoms with E-state index in [2.05, 4.69) is 27.3 Å². The summed E-state index contributed by atoms with van der Waals surface area (Å²) in [4.78, 5) is -0.593. The summed E-state index contributed by atoms with van der Waals surface area (Å²) >= 11 is 6.79. The van der Waals surface area contributed by atoms with Crippen LogP contribution in [0.2, 0.25) is 0 Å². The minimum absolute atomic E-state index is 0.283. The number of benzene rings is 2. The number of hydrogen-bond donors (Lipinski definition) is 2. The van der Waals surface area contributed by atoms with Gasteiger partial charge in [0.15, 0.2) is 0 Å². The zero-order chi connectivity index (χ0) is 15.6. The molecule has 0 aliphatic heterocycles. The van der Waals surface area contributed by atoms with Crippen LogP contribution in [-0.2, 0) is 10.0 Å². The monoisotopic (exact) mass is 436 g/mol. The van der Waals surface area contributed by atoms with E-state index < -0.39 is 15.8 Å². The Morgan fingerprint density at radius 2 is 1.90 bits per heavy atom. The fraction of sp³-hybridized carbons (Fsp3) is 0. The molecule has 0 unspecified atom stereocenters. The lowest BCUT2D eigenvalue weighted by Crippen LogP contribution is -2.21. The number of anilines is 1. The van der Waals surface area contributed by atoms with Crippen LogP contribution in [0.3, 0.4) is 0 Å². The van der Waals surface area contributed by atoms with Gasteiger partial charge in [-0.15, -0.1) is 0 Å². The molecule has 0 saturated carbocycles. The van der Waals surface area contributed by atoms with Gasteiger partial charge in [-0.1, -0.05) is 24.4 Å². The number of halogens is 2. The highest BCUT2D eigenvalue weighted by Crippen LogP contribution is 2.22. The van der Waals surface area contributed by atoms with Gasteiger partial charge in [-0.3, -0.25) is 4.72 Å². The van der Waals surface area contributed by atoms with Crippen LogP contribution in [-0.4, -0.2) is 13.4 Å². The SMILES string of the molecule is NC(=S)c1c(F)cccc1S(=O)(=O)Nc1cccc(I)c1. The molecule has 0 bridgehead atoms. The van der Waals surface area contributed by atoms with Crippen molar-refractivity contribution in [3.63, 3.8) is 0 Å². The molecule has 0 radical (unpaired) electrons. The first-order valence-electron chi connectivity index (χ1n) is 5.68. The number of nitrogens with one attached hydrogen (secondary N) is 1. The molecule has 0 amide bonds. The normalized spacial score (nSPS) is 11.1. The Kier molecular flexibility index (Phi) is 4.79. The van der Waals surface area contributed by atoms with Crippen molar-refractivity contribution < 1.29 is 12.8 Å². The quantitative estimate of drug-likeness (QED) is 0.571. The summed E-state index contributed by atoms with van der Waals surface area (Å²) in [6, 6.07) is 10.4. The Hall–Kier alpha value is -1.26. The lowest BCUT2D eigenvalue weighted by atomic mass is 10.2. The van der Waals surface area contributed by atoms with Gasteiger partial charge in [-0.2, -0.15) is 0 Å². The lowest BCUT2D eigenvalue weighted by molar-refractivity contribution is 0.594. The predicted octanol–water partition coefficient (Wildman–Crippen LogP) is 2.87. The third-order valence-electron chi connectivity index (χ3n) is 2.59. The van der Waals surface area contributed by atoms with Crippen molar-refractivity contribution >= 4 is 55.5 Å². The van der Waals surface area contributed by atoms with Crippen LogP contribution in [0.4, 0.5) is 10.1 Å². The molecule has 0 atom stereocenters. The van der Waals surface area contributed by atoms with E-state index in [4.69, 9.17) is 18.0 Å². The molecule has 8 heteroatoms. The molecule has 110 valence electrons. The average molecular weight is 436 g/mol. The van der Waals surface area contributed by atoms with Crippen LogP contribution >= 0.6 is 34.8 Å². The largest absolute Gasteiger partial charge is 0.389 e. The molecule has 0 aliphatic rings. The smallest absolute Gasteiger partial charge is 0.262 e. The zero-order valence-corrected chi connectivity index (χ0v) is 14.3. The minimum atomic E-state index is -3.99. The van der Waals surface area contributed by atoms with Gasteiger partial charge in [0.25, 0.3) is 10.0 Å². The van der Waals surface area contributed by atoms with Crippen molar-refractivity contribution in [3.05, 3.63) is 57.4 Å². The van der Waals surface area contributed by atoms with Gasteiger partial charge < -0.3 is 5.73 Å². The first-order chi connectivity index (χ1) is 9.81. The Balaban J connectivity index is 2.50. The van der Waals surface area contributed by atoms with Gasteiger partial charge >= 0.3 is 0 Å². The maximum absolute atomic E-state index is 13.8. The average Bonchev–Trinajstić information content (AvgIpc) is 2.37. The Morgan fingerprint density at radius 3 is 2.52 bits per heavy atom. The van der Waals surface area contributed by atoms with E-state index in [1.54, 1.807) is 18.2 Å². The van der Waals surface area contributed by atoms with E-state index in [1.165, 1.54) is 12.1 Å². The van der Waals surface area contributed by atoms with Crippen LogP contribution < -0.4 is 10.5 Å². The van der Waals surface area contributed by atoms with E-state index >= 15 is 0 Å². The minimum Gasteiger partial charge on any atom is -0.389 e. The molecule has 3 N–H and O–H groups in total. The molecule has 0 fully saturated rings. The van der Waals surface area contributed by atoms with Crippen LogP contribution in [0.25, 0.3) is 0 Å². The van der Waals surface area contributed by atoms with E-state index in [0.717, 1.165) is 9.64 Å². The standard InChI is InChI=1S/C13H10FIN2O2S2/c14-10-5-2-6-11(12(10)13(16)20)21(18,19)17-9-4-1-3-8(15)7-9/h1-7,17H,(H2,16,20). The van der Waals surface area contributed by atoms with Crippen molar-refractivity contribution in [2.75, 3.05) is 4.72 Å². The summed E-state index contributed by atoms with van der Waals surface area (Å²) < 4.78 is 41.8. The zero-order valence-electron chi connectivity index (χ0n) is 10.5. The van der Waals surface area contributed by atoms with Crippen LogP contribution in [0.15, 0.2) is 47.4 Å². The third kappa shape index (κ3) is 3.69. The van der Waals surface area contributed by atoms with Crippen molar-refractivity contribution in [2.45, 2.75) is 4.90 Å². The molecule has 2 aromatic rings. The van der Waals surface area contributed by atoms with Gasteiger partial charge in [-0.05, 0) is 52.9 Å². The second kappa shape index (κ2) is 6.24. The molecule has 21 heavy (non-hydrogen) atoms. The van der Waals surface area contributed by atoms with Crippen LogP contribution in [0, 0.1) is 9.39 Å².